The SMILES string of the molecule is CCn1c(=O)[nH]c(=O)c2c1nc(Cc1cn3cc(Cl)sc3n1)n2Cc1ccccc1. The average molecular weight is 441 g/mol. The highest BCUT2D eigenvalue weighted by atomic mass is 35.5. The monoisotopic (exact) mass is 440 g/mol. The van der Waals surface area contributed by atoms with E-state index in [2.05, 4.69) is 9.97 Å². The predicted octanol–water partition coefficient (Wildman–Crippen LogP) is 2.91. The molecule has 1 N–H and O–H groups in total. The van der Waals surface area contributed by atoms with E-state index in [1.54, 1.807) is 0 Å². The van der Waals surface area contributed by atoms with Gasteiger partial charge in [0.15, 0.2) is 16.1 Å². The van der Waals surface area contributed by atoms with Crippen molar-refractivity contribution in [1.82, 2.24) is 28.5 Å². The highest BCUT2D eigenvalue weighted by Crippen LogP contribution is 2.24. The molecule has 0 aliphatic carbocycles. The second kappa shape index (κ2) is 7.26. The van der Waals surface area contributed by atoms with Crippen molar-refractivity contribution < 1.29 is 0 Å². The van der Waals surface area contributed by atoms with E-state index < -0.39 is 11.2 Å². The number of rotatable bonds is 5. The lowest BCUT2D eigenvalue weighted by Crippen LogP contribution is -2.30. The molecule has 8 nitrogen and oxygen atoms in total. The van der Waals surface area contributed by atoms with Crippen LogP contribution in [0.1, 0.15) is 24.0 Å². The van der Waals surface area contributed by atoms with E-state index in [1.165, 1.54) is 15.9 Å². The molecule has 0 fully saturated rings. The van der Waals surface area contributed by atoms with Crippen LogP contribution in [-0.2, 0) is 19.5 Å². The Morgan fingerprint density at radius 3 is 2.63 bits per heavy atom. The number of benzene rings is 1. The fraction of sp³-hybridized carbons (Fsp3) is 0.200. The Kier molecular flexibility index (Phi) is 4.56. The molecule has 0 saturated heterocycles. The predicted molar refractivity (Wildman–Crippen MR) is 117 cm³/mol. The van der Waals surface area contributed by atoms with Gasteiger partial charge in [0.1, 0.15) is 10.2 Å². The number of hydrogen-bond acceptors (Lipinski definition) is 5. The maximum absolute atomic E-state index is 12.7. The van der Waals surface area contributed by atoms with Crippen LogP contribution < -0.4 is 11.2 Å². The van der Waals surface area contributed by atoms with Crippen LogP contribution in [0.4, 0.5) is 0 Å². The molecule has 0 saturated carbocycles. The molecule has 152 valence electrons. The van der Waals surface area contributed by atoms with Gasteiger partial charge >= 0.3 is 5.69 Å². The van der Waals surface area contributed by atoms with E-state index in [0.717, 1.165) is 16.2 Å². The fourth-order valence-corrected chi connectivity index (χ4v) is 4.67. The molecule has 0 radical (unpaired) electrons. The molecule has 0 spiro atoms. The molecule has 4 aromatic heterocycles. The van der Waals surface area contributed by atoms with Gasteiger partial charge in [-0.1, -0.05) is 53.3 Å². The Morgan fingerprint density at radius 1 is 1.10 bits per heavy atom. The van der Waals surface area contributed by atoms with Crippen LogP contribution >= 0.6 is 22.9 Å². The van der Waals surface area contributed by atoms with Crippen LogP contribution in [0.3, 0.4) is 0 Å². The minimum Gasteiger partial charge on any atom is -0.317 e. The van der Waals surface area contributed by atoms with Gasteiger partial charge < -0.3 is 4.57 Å². The standard InChI is InChI=1S/C20H17ClN6O2S/c1-2-26-17-16(18(28)24-19(26)29)27(9-12-6-4-3-5-7-12)15(23-17)8-13-10-25-11-14(21)30-20(25)22-13/h3-7,10-11H,2,8-9H2,1H3,(H,24,28,29). The first-order chi connectivity index (χ1) is 14.5. The van der Waals surface area contributed by atoms with Crippen molar-refractivity contribution in [2.45, 2.75) is 26.4 Å². The molecular weight excluding hydrogens is 424 g/mol. The molecule has 0 aliphatic heterocycles. The summed E-state index contributed by atoms with van der Waals surface area (Å²) < 4.78 is 5.89. The maximum atomic E-state index is 12.7. The van der Waals surface area contributed by atoms with Gasteiger partial charge in [-0.05, 0) is 12.5 Å². The van der Waals surface area contributed by atoms with Crippen molar-refractivity contribution in [3.8, 4) is 0 Å². The number of H-pyrrole nitrogens is 1. The zero-order valence-corrected chi connectivity index (χ0v) is 17.6. The van der Waals surface area contributed by atoms with Crippen molar-refractivity contribution in [3.63, 3.8) is 0 Å². The minimum atomic E-state index is -0.456. The number of thiazole rings is 1. The third-order valence-electron chi connectivity index (χ3n) is 4.98. The van der Waals surface area contributed by atoms with Crippen molar-refractivity contribution in [2.24, 2.45) is 0 Å². The molecule has 4 heterocycles. The van der Waals surface area contributed by atoms with E-state index in [0.29, 0.717) is 40.8 Å². The summed E-state index contributed by atoms with van der Waals surface area (Å²) in [5.74, 6) is 0.670. The highest BCUT2D eigenvalue weighted by molar-refractivity contribution is 7.20. The van der Waals surface area contributed by atoms with Crippen molar-refractivity contribution in [2.75, 3.05) is 0 Å². The molecule has 0 atom stereocenters. The topological polar surface area (TPSA) is 90.0 Å². The Hall–Kier alpha value is -3.17. The molecule has 0 bridgehead atoms. The van der Waals surface area contributed by atoms with Crippen LogP contribution in [0.2, 0.25) is 4.34 Å². The summed E-state index contributed by atoms with van der Waals surface area (Å²) in [6.45, 7) is 2.72. The Bertz CT molecular complexity index is 1460. The van der Waals surface area contributed by atoms with Gasteiger partial charge in [-0.15, -0.1) is 0 Å². The Morgan fingerprint density at radius 2 is 1.90 bits per heavy atom. The van der Waals surface area contributed by atoms with E-state index in [9.17, 15) is 9.59 Å². The highest BCUT2D eigenvalue weighted by Gasteiger charge is 2.19. The molecule has 30 heavy (non-hydrogen) atoms. The van der Waals surface area contributed by atoms with Crippen molar-refractivity contribution in [1.29, 1.82) is 0 Å². The Labute approximate surface area is 179 Å². The van der Waals surface area contributed by atoms with Crippen LogP contribution in [-0.4, -0.2) is 28.5 Å². The quantitative estimate of drug-likeness (QED) is 0.455. The van der Waals surface area contributed by atoms with Gasteiger partial charge in [0, 0.05) is 31.9 Å². The third-order valence-corrected chi connectivity index (χ3v) is 6.10. The number of fused-ring (bicyclic) bond motifs is 2. The molecule has 0 amide bonds. The summed E-state index contributed by atoms with van der Waals surface area (Å²) in [6.07, 6.45) is 4.14. The van der Waals surface area contributed by atoms with Gasteiger partial charge in [0.25, 0.3) is 5.56 Å². The lowest BCUT2D eigenvalue weighted by atomic mass is 10.2. The third kappa shape index (κ3) is 3.16. The summed E-state index contributed by atoms with van der Waals surface area (Å²) in [6, 6.07) is 9.84. The normalized spacial score (nSPS) is 11.7. The summed E-state index contributed by atoms with van der Waals surface area (Å²) in [5.41, 5.74) is 1.73. The first-order valence-corrected chi connectivity index (χ1v) is 10.6. The molecule has 0 unspecified atom stereocenters. The summed E-state index contributed by atoms with van der Waals surface area (Å²) >= 11 is 7.44. The first-order valence-electron chi connectivity index (χ1n) is 9.42. The lowest BCUT2D eigenvalue weighted by Gasteiger charge is -2.08. The molecule has 5 rings (SSSR count). The smallest absolute Gasteiger partial charge is 0.317 e. The van der Waals surface area contributed by atoms with Gasteiger partial charge in [0.05, 0.1) is 5.69 Å². The largest absolute Gasteiger partial charge is 0.330 e. The lowest BCUT2D eigenvalue weighted by molar-refractivity contribution is 0.717. The number of halogens is 1. The summed E-state index contributed by atoms with van der Waals surface area (Å²) in [5, 5.41) is 0. The average Bonchev–Trinajstić information content (AvgIpc) is 3.35. The van der Waals surface area contributed by atoms with Gasteiger partial charge in [-0.3, -0.25) is 18.7 Å². The zero-order valence-electron chi connectivity index (χ0n) is 16.0. The number of nitrogens with one attached hydrogen (secondary N) is 1. The maximum Gasteiger partial charge on any atom is 0.330 e. The van der Waals surface area contributed by atoms with E-state index in [4.69, 9.17) is 16.6 Å². The fourth-order valence-electron chi connectivity index (χ4n) is 3.65. The van der Waals surface area contributed by atoms with Crippen LogP contribution in [0.5, 0.6) is 0 Å². The van der Waals surface area contributed by atoms with Crippen LogP contribution in [0.15, 0.2) is 52.3 Å². The van der Waals surface area contributed by atoms with Crippen molar-refractivity contribution in [3.05, 3.63) is 85.0 Å². The van der Waals surface area contributed by atoms with Gasteiger partial charge in [0.2, 0.25) is 0 Å². The number of aromatic amines is 1. The first kappa shape index (κ1) is 18.8. The van der Waals surface area contributed by atoms with E-state index in [-0.39, 0.29) is 0 Å². The second-order valence-corrected chi connectivity index (χ2v) is 8.55. The van der Waals surface area contributed by atoms with Crippen molar-refractivity contribution >= 4 is 39.1 Å². The number of aromatic nitrogens is 6. The molecule has 5 aromatic rings. The number of aryl methyl sites for hydroxylation is 1. The second-order valence-electron chi connectivity index (χ2n) is 6.91. The van der Waals surface area contributed by atoms with E-state index >= 15 is 0 Å². The zero-order chi connectivity index (χ0) is 20.8. The van der Waals surface area contributed by atoms with E-state index in [1.807, 2.05) is 58.6 Å². The minimum absolute atomic E-state index is 0.388. The number of nitrogens with zero attached hydrogens (tertiary/aromatic N) is 5. The molecule has 1 aromatic carbocycles. The number of imidazole rings is 2. The Balaban J connectivity index is 1.69. The molecular formula is C20H17ClN6O2S. The number of hydrogen-bond donors (Lipinski definition) is 1. The van der Waals surface area contributed by atoms with Gasteiger partial charge in [-0.25, -0.2) is 14.8 Å². The van der Waals surface area contributed by atoms with Crippen LogP contribution in [0.25, 0.3) is 16.1 Å². The summed E-state index contributed by atoms with van der Waals surface area (Å²) in [4.78, 5) is 37.5. The summed E-state index contributed by atoms with van der Waals surface area (Å²) in [7, 11) is 0. The van der Waals surface area contributed by atoms with Crippen LogP contribution in [0, 0.1) is 0 Å². The van der Waals surface area contributed by atoms with Gasteiger partial charge in [-0.2, -0.15) is 0 Å². The molecule has 10 heteroatoms. The molecule has 0 aliphatic rings.